The van der Waals surface area contributed by atoms with E-state index in [1.165, 1.54) is 11.4 Å². The maximum Gasteiger partial charge on any atom is 0.349 e. The van der Waals surface area contributed by atoms with Crippen LogP contribution in [0.1, 0.15) is 0 Å². The second kappa shape index (κ2) is 5.02. The number of hydrogen-bond acceptors (Lipinski definition) is 4. The molecule has 0 atom stereocenters. The van der Waals surface area contributed by atoms with E-state index in [0.717, 1.165) is 6.07 Å². The van der Waals surface area contributed by atoms with E-state index in [1.54, 1.807) is 0 Å². The van der Waals surface area contributed by atoms with Crippen molar-refractivity contribution in [2.24, 2.45) is 0 Å². The van der Waals surface area contributed by atoms with Crippen LogP contribution in [-0.4, -0.2) is 8.42 Å². The Bertz CT molecular complexity index is 727. The quantitative estimate of drug-likeness (QED) is 0.376. The average Bonchev–Trinajstić information content (AvgIpc) is 2.94. The molecule has 1 aromatic carbocycles. The van der Waals surface area contributed by atoms with E-state index in [9.17, 15) is 30.4 Å². The monoisotopic (exact) mass is 330 g/mol. The lowest BCUT2D eigenvalue weighted by Crippen LogP contribution is -2.13. The van der Waals surface area contributed by atoms with Gasteiger partial charge in [0.1, 0.15) is 0 Å². The molecule has 0 N–H and O–H groups in total. The first-order chi connectivity index (χ1) is 9.25. The highest BCUT2D eigenvalue weighted by molar-refractivity contribution is 7.89. The first-order valence-electron chi connectivity index (χ1n) is 4.75. The van der Waals surface area contributed by atoms with Crippen LogP contribution < -0.4 is 4.18 Å². The van der Waals surface area contributed by atoms with Gasteiger partial charge in [0.05, 0.1) is 0 Å². The summed E-state index contributed by atoms with van der Waals surface area (Å²) in [5.41, 5.74) is 0. The summed E-state index contributed by atoms with van der Waals surface area (Å²) in [7, 11) is -4.68. The topological polar surface area (TPSA) is 43.4 Å². The van der Waals surface area contributed by atoms with E-state index in [1.807, 2.05) is 0 Å². The maximum absolute atomic E-state index is 13.3. The molecule has 0 saturated carbocycles. The summed E-state index contributed by atoms with van der Waals surface area (Å²) in [5.74, 6) is -13.6. The summed E-state index contributed by atoms with van der Waals surface area (Å²) in [6.45, 7) is 0. The van der Waals surface area contributed by atoms with E-state index >= 15 is 0 Å². The average molecular weight is 330 g/mol. The lowest BCUT2D eigenvalue weighted by atomic mass is 10.3. The van der Waals surface area contributed by atoms with E-state index in [4.69, 9.17) is 0 Å². The standard InChI is InChI=1S/C10H3F5O3S2/c11-5-6(12)8(14)10(9(15)7(5)13)18-20(16,17)4-2-1-3-19-4/h1-3H. The second-order valence-corrected chi connectivity index (χ2v) is 6.09. The molecule has 10 heteroatoms. The van der Waals surface area contributed by atoms with Gasteiger partial charge in [-0.2, -0.15) is 17.2 Å². The fourth-order valence-corrected chi connectivity index (χ4v) is 3.10. The molecule has 3 nitrogen and oxygen atoms in total. The number of rotatable bonds is 3. The first-order valence-corrected chi connectivity index (χ1v) is 7.04. The Balaban J connectivity index is 2.56. The molecule has 108 valence electrons. The molecule has 0 unspecified atom stereocenters. The Hall–Kier alpha value is -1.68. The molecule has 0 bridgehead atoms. The van der Waals surface area contributed by atoms with Gasteiger partial charge in [-0.3, -0.25) is 0 Å². The fourth-order valence-electron chi connectivity index (χ4n) is 1.21. The van der Waals surface area contributed by atoms with Crippen molar-refractivity contribution in [2.75, 3.05) is 0 Å². The van der Waals surface area contributed by atoms with Gasteiger partial charge >= 0.3 is 10.1 Å². The van der Waals surface area contributed by atoms with Crippen LogP contribution in [0.25, 0.3) is 0 Å². The summed E-state index contributed by atoms with van der Waals surface area (Å²) in [6, 6.07) is 2.35. The van der Waals surface area contributed by atoms with E-state index in [0.29, 0.717) is 11.3 Å². The summed E-state index contributed by atoms with van der Waals surface area (Å²) < 4.78 is 91.8. The van der Waals surface area contributed by atoms with Crippen LogP contribution in [0.5, 0.6) is 5.75 Å². The second-order valence-electron chi connectivity index (χ2n) is 3.37. The zero-order valence-corrected chi connectivity index (χ0v) is 10.8. The SMILES string of the molecule is O=S(=O)(Oc1c(F)c(F)c(F)c(F)c1F)c1cccs1. The van der Waals surface area contributed by atoms with Crippen LogP contribution in [0.4, 0.5) is 22.0 Å². The molecule has 0 aliphatic carbocycles. The van der Waals surface area contributed by atoms with Gasteiger partial charge in [0, 0.05) is 0 Å². The number of thiophene rings is 1. The van der Waals surface area contributed by atoms with Crippen molar-refractivity contribution in [1.29, 1.82) is 0 Å². The van der Waals surface area contributed by atoms with Crippen molar-refractivity contribution < 1.29 is 34.6 Å². The lowest BCUT2D eigenvalue weighted by Gasteiger charge is -2.09. The smallest absolute Gasteiger partial charge is 0.349 e. The molecule has 0 spiro atoms. The third kappa shape index (κ3) is 2.36. The molecule has 0 saturated heterocycles. The van der Waals surface area contributed by atoms with Crippen LogP contribution in [-0.2, 0) is 10.1 Å². The van der Waals surface area contributed by atoms with Gasteiger partial charge in [-0.05, 0) is 11.4 Å². The predicted octanol–water partition coefficient (Wildman–Crippen LogP) is 3.21. The highest BCUT2D eigenvalue weighted by Gasteiger charge is 2.31. The molecule has 0 amide bonds. The molecule has 20 heavy (non-hydrogen) atoms. The summed E-state index contributed by atoms with van der Waals surface area (Å²) >= 11 is 0.653. The van der Waals surface area contributed by atoms with E-state index in [2.05, 4.69) is 4.18 Å². The Kier molecular flexibility index (Phi) is 3.69. The Morgan fingerprint density at radius 2 is 1.40 bits per heavy atom. The highest BCUT2D eigenvalue weighted by Crippen LogP contribution is 2.31. The normalized spacial score (nSPS) is 11.7. The minimum absolute atomic E-state index is 0.443. The maximum atomic E-state index is 13.3. The lowest BCUT2D eigenvalue weighted by molar-refractivity contribution is 0.347. The van der Waals surface area contributed by atoms with Gasteiger partial charge < -0.3 is 4.18 Å². The molecule has 1 aromatic heterocycles. The zero-order chi connectivity index (χ0) is 15.1. The minimum atomic E-state index is -4.68. The van der Waals surface area contributed by atoms with Gasteiger partial charge in [0.25, 0.3) is 0 Å². The molecular formula is C10H3F5O3S2. The van der Waals surface area contributed by atoms with Crippen LogP contribution in [0.2, 0.25) is 0 Å². The van der Waals surface area contributed by atoms with Crippen molar-refractivity contribution in [2.45, 2.75) is 4.21 Å². The predicted molar refractivity (Wildman–Crippen MR) is 58.4 cm³/mol. The van der Waals surface area contributed by atoms with E-state index in [-0.39, 0.29) is 0 Å². The molecule has 0 aliphatic heterocycles. The minimum Gasteiger partial charge on any atom is -0.372 e. The van der Waals surface area contributed by atoms with Crippen molar-refractivity contribution >= 4 is 21.5 Å². The molecule has 2 aromatic rings. The van der Waals surface area contributed by atoms with Crippen LogP contribution in [0, 0.1) is 29.1 Å². The van der Waals surface area contributed by atoms with Crippen molar-refractivity contribution in [3.05, 3.63) is 46.6 Å². The van der Waals surface area contributed by atoms with Gasteiger partial charge in [-0.15, -0.1) is 11.3 Å². The first kappa shape index (κ1) is 14.7. The summed E-state index contributed by atoms with van der Waals surface area (Å²) in [6.07, 6.45) is 0. The van der Waals surface area contributed by atoms with Crippen molar-refractivity contribution in [3.8, 4) is 5.75 Å². The fraction of sp³-hybridized carbons (Fsp3) is 0. The summed E-state index contributed by atoms with van der Waals surface area (Å²) in [4.78, 5) is 0. The van der Waals surface area contributed by atoms with Crippen LogP contribution in [0.15, 0.2) is 21.7 Å². The summed E-state index contributed by atoms with van der Waals surface area (Å²) in [5, 5.41) is 1.33. The number of halogens is 5. The highest BCUT2D eigenvalue weighted by atomic mass is 32.3. The molecular weight excluding hydrogens is 327 g/mol. The Labute approximate surface area is 113 Å². The molecule has 2 rings (SSSR count). The third-order valence-corrected chi connectivity index (χ3v) is 4.68. The van der Waals surface area contributed by atoms with Crippen molar-refractivity contribution in [3.63, 3.8) is 0 Å². The third-order valence-electron chi connectivity index (χ3n) is 2.10. The number of benzene rings is 1. The Morgan fingerprint density at radius 3 is 1.85 bits per heavy atom. The van der Waals surface area contributed by atoms with Gasteiger partial charge in [-0.1, -0.05) is 6.07 Å². The van der Waals surface area contributed by atoms with Crippen LogP contribution in [0.3, 0.4) is 0 Å². The van der Waals surface area contributed by atoms with Gasteiger partial charge in [-0.25, -0.2) is 13.2 Å². The van der Waals surface area contributed by atoms with Gasteiger partial charge in [0.15, 0.2) is 4.21 Å². The van der Waals surface area contributed by atoms with Gasteiger partial charge in [0.2, 0.25) is 34.8 Å². The zero-order valence-electron chi connectivity index (χ0n) is 9.16. The molecule has 0 aliphatic rings. The largest absolute Gasteiger partial charge is 0.372 e. The van der Waals surface area contributed by atoms with Crippen LogP contribution >= 0.6 is 11.3 Å². The molecule has 0 radical (unpaired) electrons. The van der Waals surface area contributed by atoms with E-state index < -0.39 is 49.2 Å². The number of hydrogen-bond donors (Lipinski definition) is 0. The molecule has 1 heterocycles. The van der Waals surface area contributed by atoms with Crippen molar-refractivity contribution in [1.82, 2.24) is 0 Å². The molecule has 0 fully saturated rings. The Morgan fingerprint density at radius 1 is 0.900 bits per heavy atom.